The van der Waals surface area contributed by atoms with E-state index in [1.165, 1.54) is 12.1 Å². The van der Waals surface area contributed by atoms with Gasteiger partial charge in [0.1, 0.15) is 17.0 Å². The van der Waals surface area contributed by atoms with Crippen LogP contribution in [-0.2, 0) is 21.4 Å². The summed E-state index contributed by atoms with van der Waals surface area (Å²) < 4.78 is 15.0. The van der Waals surface area contributed by atoms with Gasteiger partial charge in [0.25, 0.3) is 0 Å². The third-order valence-electron chi connectivity index (χ3n) is 7.87. The Bertz CT molecular complexity index is 1380. The van der Waals surface area contributed by atoms with Crippen molar-refractivity contribution in [2.45, 2.75) is 61.6 Å². The summed E-state index contributed by atoms with van der Waals surface area (Å²) in [5, 5.41) is 27.7. The second-order valence-corrected chi connectivity index (χ2v) is 12.1. The van der Waals surface area contributed by atoms with E-state index in [2.05, 4.69) is 10.6 Å². The van der Waals surface area contributed by atoms with Crippen molar-refractivity contribution in [1.29, 1.82) is 0 Å². The zero-order chi connectivity index (χ0) is 27.7. The lowest BCUT2D eigenvalue weighted by Crippen LogP contribution is -2.48. The Labute approximate surface area is 252 Å². The van der Waals surface area contributed by atoms with Gasteiger partial charge >= 0.3 is 0 Å². The summed E-state index contributed by atoms with van der Waals surface area (Å²) in [4.78, 5) is 29.0. The Hall–Kier alpha value is -2.04. The van der Waals surface area contributed by atoms with E-state index in [0.717, 1.165) is 4.88 Å². The summed E-state index contributed by atoms with van der Waals surface area (Å²) in [5.41, 5.74) is 0.295. The topological polar surface area (TPSA) is 98.7 Å². The molecule has 1 saturated heterocycles. The molecule has 1 fully saturated rings. The Morgan fingerprint density at radius 3 is 2.67 bits per heavy atom. The smallest absolute Gasteiger partial charge is 0.237 e. The normalized spacial score (nSPS) is 24.0. The van der Waals surface area contributed by atoms with Crippen LogP contribution in [0.1, 0.15) is 47.6 Å². The van der Waals surface area contributed by atoms with Crippen LogP contribution in [-0.4, -0.2) is 46.7 Å². The highest BCUT2D eigenvalue weighted by Crippen LogP contribution is 2.56. The molecular formula is C29H30Cl3FN2O4S. The van der Waals surface area contributed by atoms with Gasteiger partial charge in [-0.2, -0.15) is 0 Å². The van der Waals surface area contributed by atoms with E-state index in [0.29, 0.717) is 41.1 Å². The highest BCUT2D eigenvalue weighted by Gasteiger charge is 2.65. The number of aliphatic hydroxyl groups is 2. The van der Waals surface area contributed by atoms with E-state index in [9.17, 15) is 19.1 Å². The number of halogens is 4. The maximum atomic E-state index is 15.0. The first-order valence-corrected chi connectivity index (χ1v) is 14.6. The second-order valence-electron chi connectivity index (χ2n) is 10.2. The molecule has 5 rings (SSSR count). The van der Waals surface area contributed by atoms with Crippen LogP contribution >= 0.6 is 46.9 Å². The van der Waals surface area contributed by atoms with Gasteiger partial charge in [-0.05, 0) is 72.5 Å². The van der Waals surface area contributed by atoms with E-state index < -0.39 is 35.3 Å². The molecule has 40 heavy (non-hydrogen) atoms. The number of aryl methyl sites for hydroxylation is 1. The van der Waals surface area contributed by atoms with Gasteiger partial charge < -0.3 is 20.8 Å². The molecule has 4 N–H and O–H groups in total. The maximum Gasteiger partial charge on any atom is 0.237 e. The Kier molecular flexibility index (Phi) is 9.94. The largest absolute Gasteiger partial charge is 0.394 e. The second kappa shape index (κ2) is 12.9. The number of Topliss-reactive ketones (excluding diaryl/α,β-unsaturated/α-hetero) is 1. The number of hydrogen-bond donors (Lipinski definition) is 4. The molecular weight excluding hydrogens is 598 g/mol. The third kappa shape index (κ3) is 5.68. The van der Waals surface area contributed by atoms with Crippen molar-refractivity contribution in [3.8, 4) is 0 Å². The van der Waals surface area contributed by atoms with E-state index in [1.54, 1.807) is 29.5 Å². The number of ketones is 1. The first kappa shape index (κ1) is 30.9. The number of fused-ring (bicyclic) bond motifs is 2. The van der Waals surface area contributed by atoms with E-state index in [4.69, 9.17) is 28.3 Å². The molecule has 1 amide bonds. The maximum absolute atomic E-state index is 15.0. The van der Waals surface area contributed by atoms with Crippen LogP contribution in [0.15, 0.2) is 53.9 Å². The molecule has 11 heteroatoms. The number of thiophene rings is 1. The van der Waals surface area contributed by atoms with E-state index >= 15 is 0 Å². The fourth-order valence-corrected chi connectivity index (χ4v) is 7.25. The van der Waals surface area contributed by atoms with Crippen LogP contribution in [0.2, 0.25) is 10.0 Å². The summed E-state index contributed by atoms with van der Waals surface area (Å²) in [6.07, 6.45) is 1.09. The molecule has 6 nitrogen and oxygen atoms in total. The van der Waals surface area contributed by atoms with Crippen LogP contribution in [0.5, 0.6) is 0 Å². The predicted molar refractivity (Wildman–Crippen MR) is 158 cm³/mol. The first-order chi connectivity index (χ1) is 18.7. The summed E-state index contributed by atoms with van der Waals surface area (Å²) in [7, 11) is 0. The van der Waals surface area contributed by atoms with Crippen molar-refractivity contribution in [3.05, 3.63) is 85.8 Å². The van der Waals surface area contributed by atoms with Gasteiger partial charge in [-0.1, -0.05) is 41.4 Å². The van der Waals surface area contributed by atoms with Gasteiger partial charge in [-0.15, -0.1) is 23.7 Å². The van der Waals surface area contributed by atoms with Crippen molar-refractivity contribution in [2.24, 2.45) is 0 Å². The molecule has 1 aromatic heterocycles. The van der Waals surface area contributed by atoms with E-state index in [-0.39, 0.29) is 48.6 Å². The summed E-state index contributed by atoms with van der Waals surface area (Å²) >= 11 is 14.1. The summed E-state index contributed by atoms with van der Waals surface area (Å²) in [6, 6.07) is 12.6. The third-order valence-corrected chi connectivity index (χ3v) is 9.33. The van der Waals surface area contributed by atoms with Crippen molar-refractivity contribution in [2.75, 3.05) is 11.9 Å². The molecule has 0 aliphatic carbocycles. The minimum atomic E-state index is -1.30. The Morgan fingerprint density at radius 1 is 1.18 bits per heavy atom. The fourth-order valence-electron chi connectivity index (χ4n) is 6.16. The molecule has 5 atom stereocenters. The van der Waals surface area contributed by atoms with Crippen LogP contribution in [0.4, 0.5) is 10.1 Å². The van der Waals surface area contributed by atoms with Crippen molar-refractivity contribution < 1.29 is 24.2 Å². The van der Waals surface area contributed by atoms with Gasteiger partial charge in [-0.25, -0.2) is 4.39 Å². The quantitative estimate of drug-likeness (QED) is 0.233. The molecule has 0 radical (unpaired) electrons. The van der Waals surface area contributed by atoms with Crippen molar-refractivity contribution in [1.82, 2.24) is 5.32 Å². The SMILES string of the molecule is Cl.O=C(CCC[C@H](O)CO)[C@@H]1N[C@H](CCc2cccs2)[C@]2(C(=O)Nc3cc(Cl)c(F)cc32)[C@H]1c1cccc(Cl)c1. The fraction of sp³-hybridized carbons (Fsp3) is 0.379. The van der Waals surface area contributed by atoms with Crippen molar-refractivity contribution >= 4 is 64.3 Å². The average molecular weight is 628 g/mol. The number of hydrogen-bond acceptors (Lipinski definition) is 6. The summed E-state index contributed by atoms with van der Waals surface area (Å²) in [6.45, 7) is -0.375. The number of benzene rings is 2. The minimum absolute atomic E-state index is 0. The lowest BCUT2D eigenvalue weighted by molar-refractivity contribution is -0.122. The molecule has 214 valence electrons. The zero-order valence-electron chi connectivity index (χ0n) is 21.4. The molecule has 0 unspecified atom stereocenters. The highest BCUT2D eigenvalue weighted by atomic mass is 35.5. The molecule has 0 saturated carbocycles. The van der Waals surface area contributed by atoms with Gasteiger partial charge in [0, 0.05) is 34.0 Å². The van der Waals surface area contributed by atoms with Gasteiger partial charge in [0.15, 0.2) is 0 Å². The Morgan fingerprint density at radius 2 is 1.98 bits per heavy atom. The first-order valence-electron chi connectivity index (χ1n) is 12.9. The minimum Gasteiger partial charge on any atom is -0.394 e. The zero-order valence-corrected chi connectivity index (χ0v) is 24.6. The number of rotatable bonds is 10. The molecule has 3 heterocycles. The lowest BCUT2D eigenvalue weighted by atomic mass is 9.63. The number of amides is 1. The summed E-state index contributed by atoms with van der Waals surface area (Å²) in [5.74, 6) is -1.76. The molecule has 3 aromatic rings. The number of anilines is 1. The number of aliphatic hydroxyl groups excluding tert-OH is 2. The monoisotopic (exact) mass is 626 g/mol. The Balaban J connectivity index is 0.00000370. The lowest BCUT2D eigenvalue weighted by Gasteiger charge is -2.35. The van der Waals surface area contributed by atoms with E-state index in [1.807, 2.05) is 23.6 Å². The molecule has 2 aliphatic rings. The number of carbonyl (C=O) groups excluding carboxylic acids is 2. The molecule has 1 spiro atoms. The molecule has 0 bridgehead atoms. The van der Waals surface area contributed by atoms with Crippen LogP contribution < -0.4 is 10.6 Å². The van der Waals surface area contributed by atoms with Gasteiger partial charge in [0.2, 0.25) is 5.91 Å². The predicted octanol–water partition coefficient (Wildman–Crippen LogP) is 5.66. The molecule has 2 aliphatic heterocycles. The van der Waals surface area contributed by atoms with Gasteiger partial charge in [0.05, 0.1) is 23.8 Å². The van der Waals surface area contributed by atoms with Crippen LogP contribution in [0.3, 0.4) is 0 Å². The number of nitrogens with one attached hydrogen (secondary N) is 2. The van der Waals surface area contributed by atoms with Crippen LogP contribution in [0.25, 0.3) is 0 Å². The highest BCUT2D eigenvalue weighted by molar-refractivity contribution is 7.09. The van der Waals surface area contributed by atoms with Crippen LogP contribution in [0, 0.1) is 5.82 Å². The average Bonchev–Trinajstić information content (AvgIpc) is 3.61. The van der Waals surface area contributed by atoms with Gasteiger partial charge in [-0.3, -0.25) is 9.59 Å². The standard InChI is InChI=1S/C29H29Cl2FN2O4S.ClH/c30-17-5-1-4-16(12-17)26-27(24(37)8-2-6-18(36)15-35)34-25(10-9-19-7-3-11-39-19)29(26)20-13-22(32)21(31)14-23(20)33-28(29)38;/h1,3-5,7,11-14,18,25-27,34-36H,2,6,8-10,15H2,(H,33,38);1H/t18-,25+,26-,27-,29-;/m0./s1. The molecule has 2 aromatic carbocycles. The number of carbonyl (C=O) groups is 2. The van der Waals surface area contributed by atoms with Crippen molar-refractivity contribution in [3.63, 3.8) is 0 Å².